The van der Waals surface area contributed by atoms with Gasteiger partial charge in [0.05, 0.1) is 13.2 Å². The van der Waals surface area contributed by atoms with E-state index in [-0.39, 0.29) is 6.04 Å². The Hall–Kier alpha value is -2.55. The quantitative estimate of drug-likeness (QED) is 0.874. The third kappa shape index (κ3) is 2.31. The Morgan fingerprint density at radius 2 is 1.95 bits per heavy atom. The number of hydrogen-bond acceptors (Lipinski definition) is 2. The number of hydrogen-bond donors (Lipinski definition) is 1. The summed E-state index contributed by atoms with van der Waals surface area (Å²) in [5.41, 5.74) is 5.60. The van der Waals surface area contributed by atoms with Crippen LogP contribution >= 0.6 is 0 Å². The molecule has 0 saturated heterocycles. The van der Waals surface area contributed by atoms with Crippen molar-refractivity contribution >= 4 is 18.1 Å². The topological polar surface area (TPSA) is 38.3 Å². The largest absolute Gasteiger partial charge is 0.497 e. The van der Waals surface area contributed by atoms with Crippen LogP contribution in [0.15, 0.2) is 42.5 Å². The molecule has 0 fully saturated rings. The van der Waals surface area contributed by atoms with Gasteiger partial charge in [0.15, 0.2) is 0 Å². The molecular formula is C18H17NO2. The molecule has 1 unspecified atom stereocenters. The molecule has 21 heavy (non-hydrogen) atoms. The highest BCUT2D eigenvalue weighted by atomic mass is 16.5. The highest BCUT2D eigenvalue weighted by Crippen LogP contribution is 2.37. The Labute approximate surface area is 124 Å². The minimum absolute atomic E-state index is 0.169. The summed E-state index contributed by atoms with van der Waals surface area (Å²) in [6, 6.07) is 14.0. The SMILES string of the molecule is COc1ccc2c(c1)C(NC=O)c1ccccc1C(C)=C2. The summed E-state index contributed by atoms with van der Waals surface area (Å²) in [4.78, 5) is 11.1. The first-order chi connectivity index (χ1) is 10.2. The number of carbonyl (C=O) groups excluding carboxylic acids is 1. The molecule has 1 amide bonds. The fourth-order valence-electron chi connectivity index (χ4n) is 2.90. The van der Waals surface area contributed by atoms with Crippen molar-refractivity contribution in [2.24, 2.45) is 0 Å². The standard InChI is InChI=1S/C18H17NO2/c1-12-9-13-7-8-14(21-2)10-17(13)18(19-11-20)16-6-4-3-5-15(12)16/h3-11,18H,1-2H3,(H,19,20). The van der Waals surface area contributed by atoms with E-state index in [1.165, 1.54) is 5.57 Å². The van der Waals surface area contributed by atoms with E-state index in [4.69, 9.17) is 4.74 Å². The number of allylic oxidation sites excluding steroid dienone is 1. The molecule has 0 radical (unpaired) electrons. The Balaban J connectivity index is 2.27. The van der Waals surface area contributed by atoms with Crippen LogP contribution < -0.4 is 10.1 Å². The van der Waals surface area contributed by atoms with Gasteiger partial charge in [-0.1, -0.05) is 36.4 Å². The van der Waals surface area contributed by atoms with Crippen molar-refractivity contribution < 1.29 is 9.53 Å². The number of methoxy groups -OCH3 is 1. The van der Waals surface area contributed by atoms with Crippen LogP contribution in [0, 0.1) is 0 Å². The molecule has 1 aliphatic rings. The van der Waals surface area contributed by atoms with Crippen LogP contribution in [-0.2, 0) is 4.79 Å². The van der Waals surface area contributed by atoms with Gasteiger partial charge >= 0.3 is 0 Å². The maximum absolute atomic E-state index is 11.1. The summed E-state index contributed by atoms with van der Waals surface area (Å²) in [5.74, 6) is 0.789. The fourth-order valence-corrected chi connectivity index (χ4v) is 2.90. The molecule has 106 valence electrons. The first-order valence-electron chi connectivity index (χ1n) is 6.90. The molecule has 0 spiro atoms. The normalized spacial score (nSPS) is 16.1. The van der Waals surface area contributed by atoms with E-state index in [9.17, 15) is 4.79 Å². The molecule has 3 rings (SSSR count). The number of fused-ring (bicyclic) bond motifs is 2. The van der Waals surface area contributed by atoms with Crippen LogP contribution in [0.25, 0.3) is 11.6 Å². The van der Waals surface area contributed by atoms with Gasteiger partial charge in [0.25, 0.3) is 0 Å². The van der Waals surface area contributed by atoms with Crippen LogP contribution in [-0.4, -0.2) is 13.5 Å². The average Bonchev–Trinajstić information content (AvgIpc) is 2.63. The van der Waals surface area contributed by atoms with E-state index in [2.05, 4.69) is 30.4 Å². The number of carbonyl (C=O) groups is 1. The van der Waals surface area contributed by atoms with E-state index < -0.39 is 0 Å². The number of benzene rings is 2. The van der Waals surface area contributed by atoms with Gasteiger partial charge in [0.2, 0.25) is 6.41 Å². The summed E-state index contributed by atoms with van der Waals surface area (Å²) in [6.45, 7) is 2.09. The number of amides is 1. The monoisotopic (exact) mass is 279 g/mol. The lowest BCUT2D eigenvalue weighted by atomic mass is 9.93. The second kappa shape index (κ2) is 5.44. The molecule has 2 aromatic carbocycles. The minimum Gasteiger partial charge on any atom is -0.497 e. The van der Waals surface area contributed by atoms with Gasteiger partial charge in [-0.15, -0.1) is 0 Å². The van der Waals surface area contributed by atoms with E-state index in [1.807, 2.05) is 30.3 Å². The molecular weight excluding hydrogens is 262 g/mol. The lowest BCUT2D eigenvalue weighted by Crippen LogP contribution is -2.22. The molecule has 0 heterocycles. The Morgan fingerprint density at radius 1 is 1.14 bits per heavy atom. The first-order valence-corrected chi connectivity index (χ1v) is 6.90. The predicted molar refractivity (Wildman–Crippen MR) is 84.0 cm³/mol. The van der Waals surface area contributed by atoms with Gasteiger partial charge in [-0.2, -0.15) is 0 Å². The second-order valence-electron chi connectivity index (χ2n) is 5.13. The molecule has 1 atom stereocenters. The lowest BCUT2D eigenvalue weighted by Gasteiger charge is -2.20. The van der Waals surface area contributed by atoms with E-state index in [0.29, 0.717) is 0 Å². The van der Waals surface area contributed by atoms with Crippen LogP contribution in [0.4, 0.5) is 0 Å². The Kier molecular flexibility index (Phi) is 3.48. The maximum Gasteiger partial charge on any atom is 0.207 e. The smallest absolute Gasteiger partial charge is 0.207 e. The van der Waals surface area contributed by atoms with Crippen LogP contribution in [0.1, 0.15) is 35.2 Å². The average molecular weight is 279 g/mol. The number of rotatable bonds is 3. The molecule has 0 saturated carbocycles. The van der Waals surface area contributed by atoms with E-state index in [1.54, 1.807) is 7.11 Å². The number of nitrogens with one attached hydrogen (secondary N) is 1. The number of ether oxygens (including phenoxy) is 1. The molecule has 2 aromatic rings. The molecule has 0 aromatic heterocycles. The van der Waals surface area contributed by atoms with Crippen molar-refractivity contribution in [3.8, 4) is 5.75 Å². The zero-order valence-corrected chi connectivity index (χ0v) is 12.1. The minimum atomic E-state index is -0.169. The molecule has 1 N–H and O–H groups in total. The highest BCUT2D eigenvalue weighted by molar-refractivity contribution is 5.85. The molecule has 3 heteroatoms. The molecule has 1 aliphatic carbocycles. The van der Waals surface area contributed by atoms with E-state index in [0.717, 1.165) is 34.4 Å². The summed E-state index contributed by atoms with van der Waals surface area (Å²) in [7, 11) is 1.65. The van der Waals surface area contributed by atoms with Crippen LogP contribution in [0.3, 0.4) is 0 Å². The first kappa shape index (κ1) is 13.4. The molecule has 3 nitrogen and oxygen atoms in total. The predicted octanol–water partition coefficient (Wildman–Crippen LogP) is 3.40. The zero-order valence-electron chi connectivity index (χ0n) is 12.1. The Morgan fingerprint density at radius 3 is 2.71 bits per heavy atom. The van der Waals surface area contributed by atoms with Gasteiger partial charge in [0.1, 0.15) is 5.75 Å². The summed E-state index contributed by atoms with van der Waals surface area (Å²) in [6.07, 6.45) is 2.91. The summed E-state index contributed by atoms with van der Waals surface area (Å²) in [5, 5.41) is 2.94. The molecule has 0 bridgehead atoms. The van der Waals surface area contributed by atoms with Gasteiger partial charge in [-0.3, -0.25) is 4.79 Å². The highest BCUT2D eigenvalue weighted by Gasteiger charge is 2.23. The lowest BCUT2D eigenvalue weighted by molar-refractivity contribution is -0.110. The second-order valence-corrected chi connectivity index (χ2v) is 5.13. The van der Waals surface area contributed by atoms with Gasteiger partial charge in [-0.05, 0) is 46.9 Å². The van der Waals surface area contributed by atoms with Crippen LogP contribution in [0.5, 0.6) is 5.75 Å². The van der Waals surface area contributed by atoms with Crippen molar-refractivity contribution in [1.29, 1.82) is 0 Å². The summed E-state index contributed by atoms with van der Waals surface area (Å²) >= 11 is 0. The Bertz CT molecular complexity index is 719. The third-order valence-corrected chi connectivity index (χ3v) is 3.91. The van der Waals surface area contributed by atoms with Gasteiger partial charge in [0, 0.05) is 0 Å². The van der Waals surface area contributed by atoms with Crippen molar-refractivity contribution in [1.82, 2.24) is 5.32 Å². The van der Waals surface area contributed by atoms with Crippen LogP contribution in [0.2, 0.25) is 0 Å². The molecule has 0 aliphatic heterocycles. The van der Waals surface area contributed by atoms with Gasteiger partial charge < -0.3 is 10.1 Å². The van der Waals surface area contributed by atoms with Crippen molar-refractivity contribution in [2.75, 3.05) is 7.11 Å². The maximum atomic E-state index is 11.1. The van der Waals surface area contributed by atoms with E-state index >= 15 is 0 Å². The zero-order chi connectivity index (χ0) is 14.8. The fraction of sp³-hybridized carbons (Fsp3) is 0.167. The summed E-state index contributed by atoms with van der Waals surface area (Å²) < 4.78 is 5.33. The van der Waals surface area contributed by atoms with Gasteiger partial charge in [-0.25, -0.2) is 0 Å². The third-order valence-electron chi connectivity index (χ3n) is 3.91. The van der Waals surface area contributed by atoms with Crippen molar-refractivity contribution in [3.63, 3.8) is 0 Å². The van der Waals surface area contributed by atoms with Crippen molar-refractivity contribution in [3.05, 3.63) is 64.7 Å². The van der Waals surface area contributed by atoms with Crippen molar-refractivity contribution in [2.45, 2.75) is 13.0 Å².